The van der Waals surface area contributed by atoms with Crippen LogP contribution in [0.1, 0.15) is 45.6 Å². The molecule has 1 fully saturated rings. The molecule has 13 heteroatoms. The number of hydrogen-bond acceptors (Lipinski definition) is 10. The van der Waals surface area contributed by atoms with E-state index in [4.69, 9.17) is 14.2 Å². The summed E-state index contributed by atoms with van der Waals surface area (Å²) in [5, 5.41) is 14.1. The maximum absolute atomic E-state index is 11.8. The van der Waals surface area contributed by atoms with Gasteiger partial charge in [0.25, 0.3) is 17.5 Å². The van der Waals surface area contributed by atoms with Crippen LogP contribution < -0.4 is 10.1 Å². The molecule has 0 atom stereocenters. The molecule has 0 unspecified atom stereocenters. The molecule has 0 aromatic heterocycles. The molecule has 1 N–H and O–H groups in total. The number of nitrogens with one attached hydrogen (secondary N) is 1. The van der Waals surface area contributed by atoms with Gasteiger partial charge in [-0.1, -0.05) is 5.06 Å². The van der Waals surface area contributed by atoms with Gasteiger partial charge in [-0.25, -0.2) is 9.59 Å². The molecule has 0 spiro atoms. The normalized spacial score (nSPS) is 13.5. The average molecular weight is 467 g/mol. The van der Waals surface area contributed by atoms with Crippen molar-refractivity contribution < 1.29 is 43.1 Å². The molecule has 1 aromatic carbocycles. The third-order valence-electron chi connectivity index (χ3n) is 4.02. The summed E-state index contributed by atoms with van der Waals surface area (Å²) in [6.07, 6.45) is -1.63. The van der Waals surface area contributed by atoms with Gasteiger partial charge in [-0.3, -0.25) is 24.5 Å². The first kappa shape index (κ1) is 25.4. The number of hydrogen-bond donors (Lipinski definition) is 1. The molecule has 3 amide bonds. The second kappa shape index (κ2) is 11.1. The van der Waals surface area contributed by atoms with Crippen LogP contribution in [0, 0.1) is 10.1 Å². The zero-order chi connectivity index (χ0) is 24.6. The lowest BCUT2D eigenvalue weighted by Gasteiger charge is -2.19. The molecule has 2 rings (SSSR count). The minimum atomic E-state index is -1.35. The molecule has 0 bridgehead atoms. The average Bonchev–Trinajstić information content (AvgIpc) is 3.02. The van der Waals surface area contributed by atoms with Gasteiger partial charge in [0.1, 0.15) is 18.0 Å². The van der Waals surface area contributed by atoms with Crippen molar-refractivity contribution in [1.82, 2.24) is 10.4 Å². The van der Waals surface area contributed by atoms with Crippen LogP contribution in [0.25, 0.3) is 0 Å². The van der Waals surface area contributed by atoms with Gasteiger partial charge in [-0.2, -0.15) is 0 Å². The molecule has 180 valence electrons. The van der Waals surface area contributed by atoms with E-state index in [1.165, 1.54) is 18.2 Å². The first-order valence-electron chi connectivity index (χ1n) is 10.0. The van der Waals surface area contributed by atoms with Gasteiger partial charge < -0.3 is 19.5 Å². The summed E-state index contributed by atoms with van der Waals surface area (Å²) in [6, 6.07) is 3.88. The third-order valence-corrected chi connectivity index (χ3v) is 4.02. The lowest BCUT2D eigenvalue weighted by Crippen LogP contribution is -2.33. The zero-order valence-corrected chi connectivity index (χ0v) is 18.5. The quantitative estimate of drug-likeness (QED) is 0.188. The van der Waals surface area contributed by atoms with Crippen molar-refractivity contribution in [2.24, 2.45) is 0 Å². The Hall–Kier alpha value is -3.90. The molecule has 1 aliphatic heterocycles. The lowest BCUT2D eigenvalue weighted by atomic mass is 10.2. The standard InChI is InChI=1S/C20H25N3O10/c1-20(2,3)32-18(26)21-9-4-10-30-14-5-6-15(23(28)29)13(11-14)12-31-19(27)33-22-16(24)7-8-17(22)25/h5-6,11H,4,7-10,12H2,1-3H3,(H,21,26). The van der Waals surface area contributed by atoms with E-state index >= 15 is 0 Å². The number of nitrogens with zero attached hydrogens (tertiary/aromatic N) is 2. The number of nitro benzene ring substituents is 1. The Morgan fingerprint density at radius 1 is 1.18 bits per heavy atom. The zero-order valence-electron chi connectivity index (χ0n) is 18.5. The minimum absolute atomic E-state index is 0.0143. The molecule has 0 aliphatic carbocycles. The summed E-state index contributed by atoms with van der Waals surface area (Å²) in [5.41, 5.74) is -0.917. The molecule has 33 heavy (non-hydrogen) atoms. The van der Waals surface area contributed by atoms with Gasteiger partial charge in [-0.15, -0.1) is 0 Å². The monoisotopic (exact) mass is 467 g/mol. The van der Waals surface area contributed by atoms with Crippen molar-refractivity contribution in [2.75, 3.05) is 13.2 Å². The number of benzene rings is 1. The fourth-order valence-corrected chi connectivity index (χ4v) is 2.61. The molecule has 1 saturated heterocycles. The van der Waals surface area contributed by atoms with Gasteiger partial charge in [0.2, 0.25) is 0 Å². The first-order valence-corrected chi connectivity index (χ1v) is 10.0. The molecule has 1 aliphatic rings. The Labute approximate surface area is 189 Å². The Balaban J connectivity index is 1.86. The highest BCUT2D eigenvalue weighted by Gasteiger charge is 2.33. The number of nitro groups is 1. The largest absolute Gasteiger partial charge is 0.534 e. The summed E-state index contributed by atoms with van der Waals surface area (Å²) in [6.45, 7) is 5.17. The van der Waals surface area contributed by atoms with Crippen molar-refractivity contribution in [3.8, 4) is 5.75 Å². The number of carbonyl (C=O) groups excluding carboxylic acids is 4. The summed E-state index contributed by atoms with van der Waals surface area (Å²) >= 11 is 0. The predicted octanol–water partition coefficient (Wildman–Crippen LogP) is 2.61. The Kier molecular flexibility index (Phi) is 8.54. The van der Waals surface area contributed by atoms with Crippen LogP contribution in [0.3, 0.4) is 0 Å². The number of amides is 3. The van der Waals surface area contributed by atoms with Crippen molar-refractivity contribution >= 4 is 29.8 Å². The van der Waals surface area contributed by atoms with E-state index in [2.05, 4.69) is 10.2 Å². The van der Waals surface area contributed by atoms with Crippen LogP contribution in [0.4, 0.5) is 15.3 Å². The fraction of sp³-hybridized carbons (Fsp3) is 0.500. The maximum Gasteiger partial charge on any atom is 0.534 e. The summed E-state index contributed by atoms with van der Waals surface area (Å²) in [4.78, 5) is 61.4. The van der Waals surface area contributed by atoms with Crippen molar-refractivity contribution in [3.05, 3.63) is 33.9 Å². The number of hydroxylamine groups is 2. The van der Waals surface area contributed by atoms with Crippen LogP contribution in [-0.4, -0.2) is 52.8 Å². The summed E-state index contributed by atoms with van der Waals surface area (Å²) < 4.78 is 15.4. The SMILES string of the molecule is CC(C)(C)OC(=O)NCCCOc1ccc([N+](=O)[O-])c(COC(=O)ON2C(=O)CCC2=O)c1. The molecular weight excluding hydrogens is 442 g/mol. The highest BCUT2D eigenvalue weighted by atomic mass is 16.8. The third kappa shape index (κ3) is 8.27. The van der Waals surface area contributed by atoms with E-state index in [1.54, 1.807) is 20.8 Å². The molecule has 0 saturated carbocycles. The van der Waals surface area contributed by atoms with Crippen molar-refractivity contribution in [3.63, 3.8) is 0 Å². The smallest absolute Gasteiger partial charge is 0.494 e. The van der Waals surface area contributed by atoms with Gasteiger partial charge in [0.05, 0.1) is 17.1 Å². The van der Waals surface area contributed by atoms with E-state index in [-0.39, 0.29) is 43.0 Å². The van der Waals surface area contributed by atoms with Crippen LogP contribution in [-0.2, 0) is 30.5 Å². The Morgan fingerprint density at radius 2 is 1.85 bits per heavy atom. The molecule has 1 heterocycles. The second-order valence-corrected chi connectivity index (χ2v) is 7.89. The first-order chi connectivity index (χ1) is 15.5. The van der Waals surface area contributed by atoms with Crippen LogP contribution >= 0.6 is 0 Å². The van der Waals surface area contributed by atoms with E-state index < -0.39 is 41.2 Å². The van der Waals surface area contributed by atoms with Gasteiger partial charge in [0, 0.05) is 25.5 Å². The number of carbonyl (C=O) groups is 4. The highest BCUT2D eigenvalue weighted by Crippen LogP contribution is 2.25. The lowest BCUT2D eigenvalue weighted by molar-refractivity contribution is -0.385. The number of ether oxygens (including phenoxy) is 3. The highest BCUT2D eigenvalue weighted by molar-refractivity contribution is 6.01. The fourth-order valence-electron chi connectivity index (χ4n) is 2.61. The van der Waals surface area contributed by atoms with Gasteiger partial charge in [-0.05, 0) is 39.3 Å². The topological polar surface area (TPSA) is 164 Å². The van der Waals surface area contributed by atoms with E-state index in [0.29, 0.717) is 11.5 Å². The molecule has 0 radical (unpaired) electrons. The van der Waals surface area contributed by atoms with Gasteiger partial charge in [0.15, 0.2) is 0 Å². The van der Waals surface area contributed by atoms with E-state index in [9.17, 15) is 29.3 Å². The predicted molar refractivity (Wildman–Crippen MR) is 110 cm³/mol. The van der Waals surface area contributed by atoms with Gasteiger partial charge >= 0.3 is 12.2 Å². The maximum atomic E-state index is 11.8. The van der Waals surface area contributed by atoms with Crippen LogP contribution in [0.2, 0.25) is 0 Å². The number of rotatable bonds is 9. The molecular formula is C20H25N3O10. The van der Waals surface area contributed by atoms with E-state index in [1.807, 2.05) is 0 Å². The Bertz CT molecular complexity index is 909. The van der Waals surface area contributed by atoms with Crippen molar-refractivity contribution in [1.29, 1.82) is 0 Å². The summed E-state index contributed by atoms with van der Waals surface area (Å²) in [5.74, 6) is -1.09. The van der Waals surface area contributed by atoms with Crippen LogP contribution in [0.15, 0.2) is 18.2 Å². The molecule has 13 nitrogen and oxygen atoms in total. The summed E-state index contributed by atoms with van der Waals surface area (Å²) in [7, 11) is 0. The molecule has 1 aromatic rings. The Morgan fingerprint density at radius 3 is 2.45 bits per heavy atom. The van der Waals surface area contributed by atoms with Crippen molar-refractivity contribution in [2.45, 2.75) is 52.2 Å². The van der Waals surface area contributed by atoms with Crippen LogP contribution in [0.5, 0.6) is 5.75 Å². The number of alkyl carbamates (subject to hydrolysis) is 1. The second-order valence-electron chi connectivity index (χ2n) is 7.89. The van der Waals surface area contributed by atoms with E-state index in [0.717, 1.165) is 0 Å². The number of imide groups is 1. The minimum Gasteiger partial charge on any atom is -0.494 e.